The van der Waals surface area contributed by atoms with Gasteiger partial charge in [-0.15, -0.1) is 0 Å². The van der Waals surface area contributed by atoms with Gasteiger partial charge in [0.1, 0.15) is 12.5 Å². The van der Waals surface area contributed by atoms with Gasteiger partial charge in [0.15, 0.2) is 6.23 Å². The molecule has 3 aromatic carbocycles. The van der Waals surface area contributed by atoms with Gasteiger partial charge in [-0.25, -0.2) is 0 Å². The van der Waals surface area contributed by atoms with Crippen molar-refractivity contribution in [1.82, 2.24) is 14.5 Å². The summed E-state index contributed by atoms with van der Waals surface area (Å²) >= 11 is 0. The minimum atomic E-state index is -1.01. The van der Waals surface area contributed by atoms with E-state index in [0.29, 0.717) is 11.1 Å². The molecule has 2 aromatic heterocycles. The average molecular weight is 395 g/mol. The molecule has 1 unspecified atom stereocenters. The lowest BCUT2D eigenvalue weighted by atomic mass is 9.96. The summed E-state index contributed by atoms with van der Waals surface area (Å²) in [6.45, 7) is 0. The molecule has 3 aliphatic heterocycles. The van der Waals surface area contributed by atoms with Crippen molar-refractivity contribution in [2.75, 3.05) is 0 Å². The summed E-state index contributed by atoms with van der Waals surface area (Å²) in [5, 5.41) is 17.6. The van der Waals surface area contributed by atoms with Crippen molar-refractivity contribution < 1.29 is 14.6 Å². The Labute approximate surface area is 170 Å². The number of hydrogen-bond acceptors (Lipinski definition) is 3. The van der Waals surface area contributed by atoms with E-state index in [4.69, 9.17) is 4.74 Å². The van der Waals surface area contributed by atoms with Crippen LogP contribution in [0.3, 0.4) is 0 Å². The summed E-state index contributed by atoms with van der Waals surface area (Å²) in [6, 6.07) is 16.4. The van der Waals surface area contributed by atoms with E-state index in [-0.39, 0.29) is 18.4 Å². The van der Waals surface area contributed by atoms with E-state index in [2.05, 4.69) is 38.7 Å². The number of carbonyl (C=O) groups is 1. The van der Waals surface area contributed by atoms with Crippen LogP contribution in [0.5, 0.6) is 0 Å². The molecule has 0 saturated carbocycles. The fraction of sp³-hybridized carbons (Fsp3) is 0.208. The zero-order valence-corrected chi connectivity index (χ0v) is 15.9. The topological polar surface area (TPSA) is 68.4 Å². The number of carbonyl (C=O) groups excluding carboxylic acids is 1. The molecule has 0 spiro atoms. The van der Waals surface area contributed by atoms with E-state index >= 15 is 0 Å². The number of benzene rings is 3. The van der Waals surface area contributed by atoms with Gasteiger partial charge in [0.25, 0.3) is 5.91 Å². The zero-order chi connectivity index (χ0) is 19.7. The molecule has 2 bridgehead atoms. The SMILES string of the molecule is O=C1NC(O)c2c1c1c3ccccc3n3c1c1c2c2ccccc2n1[C@H]1CC[C@@H]3O1. The molecule has 6 nitrogen and oxygen atoms in total. The second-order valence-electron chi connectivity index (χ2n) is 8.51. The van der Waals surface area contributed by atoms with Crippen LogP contribution in [0.15, 0.2) is 48.5 Å². The van der Waals surface area contributed by atoms with Crippen LogP contribution in [-0.4, -0.2) is 20.1 Å². The third kappa shape index (κ3) is 1.51. The summed E-state index contributed by atoms with van der Waals surface area (Å²) in [4.78, 5) is 13.1. The Bertz CT molecular complexity index is 1610. The number of amides is 1. The van der Waals surface area contributed by atoms with E-state index in [0.717, 1.165) is 56.5 Å². The Morgan fingerprint density at radius 2 is 1.43 bits per heavy atom. The zero-order valence-electron chi connectivity index (χ0n) is 15.9. The van der Waals surface area contributed by atoms with Crippen LogP contribution in [0, 0.1) is 0 Å². The molecule has 1 amide bonds. The third-order valence-corrected chi connectivity index (χ3v) is 7.15. The molecule has 146 valence electrons. The van der Waals surface area contributed by atoms with Crippen LogP contribution in [0.25, 0.3) is 43.6 Å². The van der Waals surface area contributed by atoms with Crippen molar-refractivity contribution in [3.05, 3.63) is 59.7 Å². The highest BCUT2D eigenvalue weighted by Gasteiger charge is 2.41. The largest absolute Gasteiger partial charge is 0.369 e. The molecule has 2 N–H and O–H groups in total. The number of aliphatic hydroxyl groups excluding tert-OH is 1. The number of ether oxygens (including phenoxy) is 1. The molecular weight excluding hydrogens is 378 g/mol. The van der Waals surface area contributed by atoms with Crippen molar-refractivity contribution in [1.29, 1.82) is 0 Å². The van der Waals surface area contributed by atoms with Gasteiger partial charge < -0.3 is 24.3 Å². The maximum absolute atomic E-state index is 13.1. The van der Waals surface area contributed by atoms with Crippen molar-refractivity contribution in [3.63, 3.8) is 0 Å². The highest BCUT2D eigenvalue weighted by Crippen LogP contribution is 2.53. The fourth-order valence-electron chi connectivity index (χ4n) is 6.14. The first-order valence-electron chi connectivity index (χ1n) is 10.4. The van der Waals surface area contributed by atoms with E-state index in [1.165, 1.54) is 0 Å². The van der Waals surface area contributed by atoms with E-state index in [1.807, 2.05) is 24.3 Å². The molecule has 5 aromatic rings. The van der Waals surface area contributed by atoms with Crippen LogP contribution in [0.2, 0.25) is 0 Å². The standard InChI is InChI=1S/C24H17N3O3/c28-23-19-17-11-5-1-3-7-13(11)26-15-9-10-16(30-15)27-14-8-4-2-6-12(14)18(22(27)21(17)26)20(19)24(29)25-23/h1-8,15-16,23,28H,9-10H2,(H,25,29)/t15-,16+,23?/m1/s1. The molecule has 30 heavy (non-hydrogen) atoms. The van der Waals surface area contributed by atoms with Crippen LogP contribution >= 0.6 is 0 Å². The summed E-state index contributed by atoms with van der Waals surface area (Å²) in [5.74, 6) is -0.213. The average Bonchev–Trinajstić information content (AvgIpc) is 3.46. The predicted molar refractivity (Wildman–Crippen MR) is 113 cm³/mol. The Hall–Kier alpha value is -3.35. The number of rotatable bonds is 0. The molecule has 3 aliphatic rings. The van der Waals surface area contributed by atoms with Crippen molar-refractivity contribution in [3.8, 4) is 0 Å². The Kier molecular flexibility index (Phi) is 2.51. The second-order valence-corrected chi connectivity index (χ2v) is 8.51. The van der Waals surface area contributed by atoms with Gasteiger partial charge in [-0.1, -0.05) is 36.4 Å². The quantitative estimate of drug-likeness (QED) is 0.407. The first kappa shape index (κ1) is 15.5. The summed E-state index contributed by atoms with van der Waals surface area (Å²) in [6.07, 6.45) is 0.728. The summed E-state index contributed by atoms with van der Waals surface area (Å²) in [5.41, 5.74) is 5.54. The molecule has 0 radical (unpaired) electrons. The number of aromatic nitrogens is 2. The molecule has 8 rings (SSSR count). The molecule has 3 atom stereocenters. The lowest BCUT2D eigenvalue weighted by Crippen LogP contribution is -2.18. The summed E-state index contributed by atoms with van der Waals surface area (Å²) in [7, 11) is 0. The Morgan fingerprint density at radius 1 is 0.867 bits per heavy atom. The number of hydrogen-bond donors (Lipinski definition) is 2. The van der Waals surface area contributed by atoms with Crippen LogP contribution < -0.4 is 5.32 Å². The minimum absolute atomic E-state index is 0.0560. The van der Waals surface area contributed by atoms with Gasteiger partial charge in [0.05, 0.1) is 27.6 Å². The van der Waals surface area contributed by atoms with E-state index in [1.54, 1.807) is 0 Å². The highest BCUT2D eigenvalue weighted by molar-refractivity contribution is 6.31. The van der Waals surface area contributed by atoms with Gasteiger partial charge in [-0.2, -0.15) is 0 Å². The Morgan fingerprint density at radius 3 is 2.10 bits per heavy atom. The first-order valence-corrected chi connectivity index (χ1v) is 10.4. The van der Waals surface area contributed by atoms with Crippen LogP contribution in [0.4, 0.5) is 0 Å². The molecule has 6 heteroatoms. The number of nitrogens with zero attached hydrogens (tertiary/aromatic N) is 2. The monoisotopic (exact) mass is 395 g/mol. The molecular formula is C24H17N3O3. The molecule has 5 heterocycles. The van der Waals surface area contributed by atoms with Gasteiger partial charge in [-0.3, -0.25) is 4.79 Å². The summed E-state index contributed by atoms with van der Waals surface area (Å²) < 4.78 is 11.1. The Balaban J connectivity index is 1.81. The van der Waals surface area contributed by atoms with Gasteiger partial charge in [-0.05, 0) is 25.0 Å². The van der Waals surface area contributed by atoms with Gasteiger partial charge >= 0.3 is 0 Å². The molecule has 0 aliphatic carbocycles. The van der Waals surface area contributed by atoms with Gasteiger partial charge in [0, 0.05) is 27.1 Å². The smallest absolute Gasteiger partial charge is 0.254 e. The van der Waals surface area contributed by atoms with E-state index < -0.39 is 6.23 Å². The number of aliphatic hydroxyl groups is 1. The highest BCUT2D eigenvalue weighted by atomic mass is 16.5. The predicted octanol–water partition coefficient (Wildman–Crippen LogP) is 4.46. The lowest BCUT2D eigenvalue weighted by molar-refractivity contribution is -0.0229. The maximum Gasteiger partial charge on any atom is 0.254 e. The number of para-hydroxylation sites is 2. The van der Waals surface area contributed by atoms with E-state index in [9.17, 15) is 9.90 Å². The fourth-order valence-corrected chi connectivity index (χ4v) is 6.14. The van der Waals surface area contributed by atoms with Crippen molar-refractivity contribution in [2.45, 2.75) is 31.5 Å². The molecule has 1 fully saturated rings. The van der Waals surface area contributed by atoms with Crippen molar-refractivity contribution in [2.24, 2.45) is 0 Å². The third-order valence-electron chi connectivity index (χ3n) is 7.15. The maximum atomic E-state index is 13.1. The van der Waals surface area contributed by atoms with Crippen LogP contribution in [0.1, 0.15) is 47.4 Å². The van der Waals surface area contributed by atoms with Crippen LogP contribution in [-0.2, 0) is 4.74 Å². The first-order chi connectivity index (χ1) is 14.7. The molecule has 1 saturated heterocycles. The number of nitrogens with one attached hydrogen (secondary N) is 1. The van der Waals surface area contributed by atoms with Crippen molar-refractivity contribution >= 4 is 49.5 Å². The minimum Gasteiger partial charge on any atom is -0.369 e. The lowest BCUT2D eigenvalue weighted by Gasteiger charge is -2.15. The number of fused-ring (bicyclic) bond motifs is 13. The normalized spacial score (nSPS) is 24.4. The van der Waals surface area contributed by atoms with Gasteiger partial charge in [0.2, 0.25) is 0 Å². The second kappa shape index (κ2) is 4.86.